The zero-order valence-electron chi connectivity index (χ0n) is 18.3. The monoisotopic (exact) mass is 447 g/mol. The number of aromatic nitrogens is 1. The molecule has 1 fully saturated rings. The van der Waals surface area contributed by atoms with Crippen LogP contribution in [0.3, 0.4) is 0 Å². The van der Waals surface area contributed by atoms with E-state index in [1.54, 1.807) is 6.08 Å². The van der Waals surface area contributed by atoms with Gasteiger partial charge in [0, 0.05) is 34.4 Å². The number of hydrogen-bond donors (Lipinski definition) is 1. The molecule has 4 rings (SSSR count). The van der Waals surface area contributed by atoms with Crippen LogP contribution in [0.2, 0.25) is 0 Å². The third kappa shape index (κ3) is 4.34. The van der Waals surface area contributed by atoms with Crippen molar-refractivity contribution < 1.29 is 14.4 Å². The molecule has 0 unspecified atom stereocenters. The van der Waals surface area contributed by atoms with Crippen molar-refractivity contribution in [2.75, 3.05) is 5.32 Å². The fourth-order valence-electron chi connectivity index (χ4n) is 3.78. The van der Waals surface area contributed by atoms with E-state index >= 15 is 0 Å². The summed E-state index contributed by atoms with van der Waals surface area (Å²) in [6, 6.07) is 15.2. The molecule has 2 aromatic carbocycles. The molecule has 32 heavy (non-hydrogen) atoms. The van der Waals surface area contributed by atoms with Crippen molar-refractivity contribution in [1.29, 1.82) is 0 Å². The molecule has 0 aliphatic carbocycles. The lowest BCUT2D eigenvalue weighted by Crippen LogP contribution is -2.36. The van der Waals surface area contributed by atoms with E-state index in [4.69, 9.17) is 0 Å². The van der Waals surface area contributed by atoms with Gasteiger partial charge in [-0.15, -0.1) is 0 Å². The average Bonchev–Trinajstić information content (AvgIpc) is 3.24. The summed E-state index contributed by atoms with van der Waals surface area (Å²) in [5.41, 5.74) is 3.52. The summed E-state index contributed by atoms with van der Waals surface area (Å²) in [5, 5.41) is 3.61. The minimum Gasteiger partial charge on any atom is -0.337 e. The predicted molar refractivity (Wildman–Crippen MR) is 129 cm³/mol. The SMILES string of the molecule is CC[C@@H](C)N1C(=O)S/C(=C\c2cn(CC(=O)Nc3cccc(C)c3)c3ccccc23)C1=O. The number of nitrogens with zero attached hydrogens (tertiary/aromatic N) is 2. The van der Waals surface area contributed by atoms with Gasteiger partial charge in [0.15, 0.2) is 0 Å². The molecule has 1 aromatic heterocycles. The van der Waals surface area contributed by atoms with Gasteiger partial charge in [-0.25, -0.2) is 0 Å². The molecule has 1 N–H and O–H groups in total. The number of fused-ring (bicyclic) bond motifs is 1. The van der Waals surface area contributed by atoms with E-state index in [-0.39, 0.29) is 29.6 Å². The second-order valence-electron chi connectivity index (χ2n) is 7.96. The maximum atomic E-state index is 12.8. The van der Waals surface area contributed by atoms with Crippen LogP contribution in [-0.2, 0) is 16.1 Å². The van der Waals surface area contributed by atoms with Crippen LogP contribution in [0, 0.1) is 6.92 Å². The highest BCUT2D eigenvalue weighted by Gasteiger charge is 2.37. The van der Waals surface area contributed by atoms with Gasteiger partial charge < -0.3 is 9.88 Å². The molecular weight excluding hydrogens is 422 g/mol. The van der Waals surface area contributed by atoms with Crippen LogP contribution >= 0.6 is 11.8 Å². The predicted octanol–water partition coefficient (Wildman–Crippen LogP) is 5.42. The first-order valence-electron chi connectivity index (χ1n) is 10.6. The fraction of sp³-hybridized carbons (Fsp3) is 0.240. The number of para-hydroxylation sites is 1. The van der Waals surface area contributed by atoms with Crippen molar-refractivity contribution in [3.63, 3.8) is 0 Å². The van der Waals surface area contributed by atoms with Crippen molar-refractivity contribution in [2.45, 2.75) is 39.8 Å². The average molecular weight is 448 g/mol. The summed E-state index contributed by atoms with van der Waals surface area (Å²) in [6.07, 6.45) is 4.32. The minimum absolute atomic E-state index is 0.136. The van der Waals surface area contributed by atoms with E-state index in [0.29, 0.717) is 11.3 Å². The molecule has 1 aliphatic heterocycles. The number of thioether (sulfide) groups is 1. The number of rotatable bonds is 6. The number of imide groups is 1. The molecule has 1 saturated heterocycles. The lowest BCUT2D eigenvalue weighted by atomic mass is 10.1. The molecule has 0 radical (unpaired) electrons. The van der Waals surface area contributed by atoms with Crippen molar-refractivity contribution in [1.82, 2.24) is 9.47 Å². The topological polar surface area (TPSA) is 71.4 Å². The summed E-state index contributed by atoms with van der Waals surface area (Å²) in [6.45, 7) is 5.94. The van der Waals surface area contributed by atoms with Crippen LogP contribution in [0.25, 0.3) is 17.0 Å². The Hall–Kier alpha value is -3.32. The number of hydrogen-bond acceptors (Lipinski definition) is 4. The molecule has 1 atom stereocenters. The number of anilines is 1. The van der Waals surface area contributed by atoms with E-state index in [0.717, 1.165) is 39.5 Å². The normalized spacial score (nSPS) is 16.2. The molecule has 1 aliphatic rings. The summed E-state index contributed by atoms with van der Waals surface area (Å²) in [7, 11) is 0. The lowest BCUT2D eigenvalue weighted by molar-refractivity contribution is -0.124. The molecule has 0 saturated carbocycles. The van der Waals surface area contributed by atoms with Gasteiger partial charge in [0.2, 0.25) is 5.91 Å². The van der Waals surface area contributed by atoms with Crippen molar-refractivity contribution in [3.05, 3.63) is 70.8 Å². The number of amides is 3. The molecule has 3 amide bonds. The molecular formula is C25H25N3O3S. The Labute approximate surface area is 191 Å². The van der Waals surface area contributed by atoms with Crippen LogP contribution in [0.1, 0.15) is 31.4 Å². The first kappa shape index (κ1) is 21.9. The number of aryl methyl sites for hydroxylation is 1. The van der Waals surface area contributed by atoms with Gasteiger partial charge in [0.05, 0.1) is 4.91 Å². The summed E-state index contributed by atoms with van der Waals surface area (Å²) < 4.78 is 1.87. The molecule has 0 spiro atoms. The minimum atomic E-state index is -0.261. The lowest BCUT2D eigenvalue weighted by Gasteiger charge is -2.19. The highest BCUT2D eigenvalue weighted by molar-refractivity contribution is 8.18. The second kappa shape index (κ2) is 9.04. The Balaban J connectivity index is 1.62. The number of carbonyl (C=O) groups excluding carboxylic acids is 3. The summed E-state index contributed by atoms with van der Waals surface area (Å²) in [5.74, 6) is -0.400. The molecule has 3 aromatic rings. The van der Waals surface area contributed by atoms with E-state index in [9.17, 15) is 14.4 Å². The van der Waals surface area contributed by atoms with Crippen molar-refractivity contribution in [2.24, 2.45) is 0 Å². The van der Waals surface area contributed by atoms with Crippen LogP contribution < -0.4 is 5.32 Å². The summed E-state index contributed by atoms with van der Waals surface area (Å²) in [4.78, 5) is 39.6. The van der Waals surface area contributed by atoms with Crippen LogP contribution in [-0.4, -0.2) is 32.6 Å². The summed E-state index contributed by atoms with van der Waals surface area (Å²) >= 11 is 0.965. The van der Waals surface area contributed by atoms with Gasteiger partial charge in [0.1, 0.15) is 6.54 Å². The van der Waals surface area contributed by atoms with E-state index in [1.165, 1.54) is 4.90 Å². The fourth-order valence-corrected chi connectivity index (χ4v) is 4.70. The van der Waals surface area contributed by atoms with Crippen LogP contribution in [0.5, 0.6) is 0 Å². The van der Waals surface area contributed by atoms with Gasteiger partial charge in [-0.05, 0) is 61.9 Å². The van der Waals surface area contributed by atoms with Gasteiger partial charge in [-0.2, -0.15) is 0 Å². The first-order chi connectivity index (χ1) is 15.4. The largest absolute Gasteiger partial charge is 0.337 e. The Morgan fingerprint density at radius 2 is 1.94 bits per heavy atom. The third-order valence-electron chi connectivity index (χ3n) is 5.58. The molecule has 6 nitrogen and oxygen atoms in total. The Morgan fingerprint density at radius 1 is 1.16 bits per heavy atom. The smallest absolute Gasteiger partial charge is 0.293 e. The molecule has 0 bridgehead atoms. The Bertz CT molecular complexity index is 1240. The number of carbonyl (C=O) groups is 3. The van der Waals surface area contributed by atoms with Gasteiger partial charge >= 0.3 is 0 Å². The first-order valence-corrected chi connectivity index (χ1v) is 11.4. The molecule has 7 heteroatoms. The quantitative estimate of drug-likeness (QED) is 0.512. The standard InChI is InChI=1S/C25H25N3O3S/c1-4-17(3)28-24(30)22(32-25(28)31)13-18-14-27(21-11-6-5-10-20(18)21)15-23(29)26-19-9-7-8-16(2)12-19/h5-14,17H,4,15H2,1-3H3,(H,26,29)/b22-13-/t17-/m1/s1. The maximum absolute atomic E-state index is 12.8. The Morgan fingerprint density at radius 3 is 2.69 bits per heavy atom. The third-order valence-corrected chi connectivity index (χ3v) is 6.46. The number of benzene rings is 2. The number of nitrogens with one attached hydrogen (secondary N) is 1. The highest BCUT2D eigenvalue weighted by atomic mass is 32.2. The van der Waals surface area contributed by atoms with Crippen molar-refractivity contribution >= 4 is 51.5 Å². The molecule has 164 valence electrons. The van der Waals surface area contributed by atoms with E-state index < -0.39 is 0 Å². The molecule has 2 heterocycles. The second-order valence-corrected chi connectivity index (χ2v) is 8.95. The van der Waals surface area contributed by atoms with Gasteiger partial charge in [0.25, 0.3) is 11.1 Å². The zero-order valence-corrected chi connectivity index (χ0v) is 19.1. The Kier molecular flexibility index (Phi) is 6.19. The van der Waals surface area contributed by atoms with Crippen molar-refractivity contribution in [3.8, 4) is 0 Å². The van der Waals surface area contributed by atoms with Gasteiger partial charge in [-0.1, -0.05) is 37.3 Å². The van der Waals surface area contributed by atoms with Crippen LogP contribution in [0.4, 0.5) is 10.5 Å². The maximum Gasteiger partial charge on any atom is 0.293 e. The zero-order chi connectivity index (χ0) is 22.8. The van der Waals surface area contributed by atoms with E-state index in [2.05, 4.69) is 5.32 Å². The van der Waals surface area contributed by atoms with Gasteiger partial charge in [-0.3, -0.25) is 19.3 Å². The van der Waals surface area contributed by atoms with Crippen LogP contribution in [0.15, 0.2) is 59.6 Å². The highest BCUT2D eigenvalue weighted by Crippen LogP contribution is 2.35. The van der Waals surface area contributed by atoms with E-state index in [1.807, 2.05) is 80.1 Å².